The van der Waals surface area contributed by atoms with Crippen molar-refractivity contribution in [1.29, 1.82) is 0 Å². The second-order valence-corrected chi connectivity index (χ2v) is 4.85. The minimum atomic E-state index is -4.09. The van der Waals surface area contributed by atoms with E-state index in [2.05, 4.69) is 10.3 Å². The van der Waals surface area contributed by atoms with Gasteiger partial charge in [0.05, 0.1) is 10.7 Å². The number of halogens is 4. The van der Waals surface area contributed by atoms with Crippen molar-refractivity contribution in [3.8, 4) is 0 Å². The highest BCUT2D eigenvalue weighted by atomic mass is 35.5. The van der Waals surface area contributed by atoms with Crippen molar-refractivity contribution in [1.82, 2.24) is 10.3 Å². The lowest BCUT2D eigenvalue weighted by Gasteiger charge is -2.18. The molecule has 1 unspecified atom stereocenters. The summed E-state index contributed by atoms with van der Waals surface area (Å²) in [4.78, 5) is 4.17. The number of rotatable bonds is 7. The lowest BCUT2D eigenvalue weighted by Crippen LogP contribution is -2.23. The second kappa shape index (κ2) is 7.70. The first-order valence-electron chi connectivity index (χ1n) is 6.34. The first-order chi connectivity index (χ1) is 8.92. The summed E-state index contributed by atoms with van der Waals surface area (Å²) in [5.74, 6) is 0. The molecule has 0 aliphatic heterocycles. The van der Waals surface area contributed by atoms with Crippen molar-refractivity contribution in [2.45, 2.75) is 44.8 Å². The summed E-state index contributed by atoms with van der Waals surface area (Å²) >= 11 is 5.75. The largest absolute Gasteiger partial charge is 0.389 e. The zero-order chi connectivity index (χ0) is 14.3. The van der Waals surface area contributed by atoms with Crippen LogP contribution in [0.5, 0.6) is 0 Å². The molecule has 0 aromatic carbocycles. The average Bonchev–Trinajstić information content (AvgIpc) is 2.33. The monoisotopic (exact) mass is 294 g/mol. The van der Waals surface area contributed by atoms with Gasteiger partial charge in [-0.15, -0.1) is 0 Å². The number of aromatic nitrogens is 1. The molecule has 1 rings (SSSR count). The van der Waals surface area contributed by atoms with E-state index in [1.807, 2.05) is 6.92 Å². The lowest BCUT2D eigenvalue weighted by atomic mass is 10.1. The molecule has 0 bridgehead atoms. The fraction of sp³-hybridized carbons (Fsp3) is 0.615. The predicted octanol–water partition coefficient (Wildman–Crippen LogP) is 4.51. The molecule has 0 amide bonds. The van der Waals surface area contributed by atoms with E-state index in [9.17, 15) is 13.2 Å². The lowest BCUT2D eigenvalue weighted by molar-refractivity contribution is -0.135. The Morgan fingerprint density at radius 1 is 1.37 bits per heavy atom. The predicted molar refractivity (Wildman–Crippen MR) is 70.2 cm³/mol. The Bertz CT molecular complexity index is 365. The molecule has 2 nitrogen and oxygen atoms in total. The molecular weight excluding hydrogens is 277 g/mol. The van der Waals surface area contributed by atoms with Crippen LogP contribution in [0.4, 0.5) is 13.2 Å². The van der Waals surface area contributed by atoms with Gasteiger partial charge in [-0.3, -0.25) is 4.98 Å². The first-order valence-corrected chi connectivity index (χ1v) is 6.71. The normalized spacial score (nSPS) is 13.5. The van der Waals surface area contributed by atoms with E-state index in [0.717, 1.165) is 18.7 Å². The molecule has 108 valence electrons. The highest BCUT2D eigenvalue weighted by molar-refractivity contribution is 6.30. The van der Waals surface area contributed by atoms with Crippen molar-refractivity contribution >= 4 is 11.6 Å². The number of pyridine rings is 1. The van der Waals surface area contributed by atoms with Gasteiger partial charge in [-0.05, 0) is 37.9 Å². The van der Waals surface area contributed by atoms with Gasteiger partial charge >= 0.3 is 6.18 Å². The third-order valence-corrected chi connectivity index (χ3v) is 2.92. The van der Waals surface area contributed by atoms with E-state index in [0.29, 0.717) is 11.4 Å². The first kappa shape index (κ1) is 16.2. The SMILES string of the molecule is CCCNC(CCCC(F)(F)F)c1ccc(Cl)cn1. The Hall–Kier alpha value is -0.810. The van der Waals surface area contributed by atoms with Gasteiger partial charge in [-0.1, -0.05) is 18.5 Å². The van der Waals surface area contributed by atoms with E-state index < -0.39 is 12.6 Å². The van der Waals surface area contributed by atoms with Crippen molar-refractivity contribution < 1.29 is 13.2 Å². The number of nitrogens with one attached hydrogen (secondary N) is 1. The van der Waals surface area contributed by atoms with E-state index in [1.54, 1.807) is 12.1 Å². The van der Waals surface area contributed by atoms with Crippen LogP contribution in [0.2, 0.25) is 5.02 Å². The maximum Gasteiger partial charge on any atom is 0.389 e. The second-order valence-electron chi connectivity index (χ2n) is 4.42. The Labute approximate surface area is 116 Å². The average molecular weight is 295 g/mol. The molecule has 0 aliphatic carbocycles. The van der Waals surface area contributed by atoms with E-state index in [-0.39, 0.29) is 12.5 Å². The Balaban J connectivity index is 2.58. The molecule has 1 aromatic rings. The van der Waals surface area contributed by atoms with Gasteiger partial charge in [0.1, 0.15) is 0 Å². The van der Waals surface area contributed by atoms with Crippen molar-refractivity contribution in [3.05, 3.63) is 29.0 Å². The third-order valence-electron chi connectivity index (χ3n) is 2.70. The van der Waals surface area contributed by atoms with Crippen molar-refractivity contribution in [2.75, 3.05) is 6.54 Å². The third kappa shape index (κ3) is 6.78. The van der Waals surface area contributed by atoms with E-state index in [1.165, 1.54) is 6.20 Å². The maximum absolute atomic E-state index is 12.2. The smallest absolute Gasteiger partial charge is 0.309 e. The van der Waals surface area contributed by atoms with Gasteiger partial charge in [0.15, 0.2) is 0 Å². The molecule has 0 saturated carbocycles. The molecular formula is C13H18ClF3N2. The number of alkyl halides is 3. The standard InChI is InChI=1S/C13H18ClF3N2/c1-2-8-18-11(4-3-7-13(15,16)17)12-6-5-10(14)9-19-12/h5-6,9,11,18H,2-4,7-8H2,1H3. The zero-order valence-electron chi connectivity index (χ0n) is 10.8. The van der Waals surface area contributed by atoms with E-state index in [4.69, 9.17) is 11.6 Å². The molecule has 19 heavy (non-hydrogen) atoms. The van der Waals surface area contributed by atoms with Crippen LogP contribution in [0.3, 0.4) is 0 Å². The maximum atomic E-state index is 12.2. The van der Waals surface area contributed by atoms with Gasteiger partial charge in [0.25, 0.3) is 0 Å². The van der Waals surface area contributed by atoms with Crippen LogP contribution in [0.1, 0.15) is 44.3 Å². The Morgan fingerprint density at radius 2 is 2.11 bits per heavy atom. The van der Waals surface area contributed by atoms with Crippen molar-refractivity contribution in [2.24, 2.45) is 0 Å². The number of hydrogen-bond donors (Lipinski definition) is 1. The van der Waals surface area contributed by atoms with Crippen LogP contribution in [0, 0.1) is 0 Å². The summed E-state index contributed by atoms with van der Waals surface area (Å²) in [6.07, 6.45) is -1.92. The van der Waals surface area contributed by atoms with Crippen LogP contribution in [-0.4, -0.2) is 17.7 Å². The molecule has 0 fully saturated rings. The summed E-state index contributed by atoms with van der Waals surface area (Å²) in [6, 6.07) is 3.30. The number of nitrogens with zero attached hydrogens (tertiary/aromatic N) is 1. The summed E-state index contributed by atoms with van der Waals surface area (Å²) in [5.41, 5.74) is 0.736. The summed E-state index contributed by atoms with van der Waals surface area (Å²) < 4.78 is 36.5. The molecule has 0 radical (unpaired) electrons. The fourth-order valence-electron chi connectivity index (χ4n) is 1.77. The van der Waals surface area contributed by atoms with Gasteiger partial charge in [-0.2, -0.15) is 13.2 Å². The minimum absolute atomic E-state index is 0.0924. The zero-order valence-corrected chi connectivity index (χ0v) is 11.6. The van der Waals surface area contributed by atoms with Crippen LogP contribution in [0.15, 0.2) is 18.3 Å². The van der Waals surface area contributed by atoms with E-state index >= 15 is 0 Å². The molecule has 1 N–H and O–H groups in total. The topological polar surface area (TPSA) is 24.9 Å². The summed E-state index contributed by atoms with van der Waals surface area (Å²) in [7, 11) is 0. The van der Waals surface area contributed by atoms with Gasteiger partial charge < -0.3 is 5.32 Å². The van der Waals surface area contributed by atoms with Crippen LogP contribution < -0.4 is 5.32 Å². The molecule has 6 heteroatoms. The molecule has 0 saturated heterocycles. The minimum Gasteiger partial charge on any atom is -0.309 e. The molecule has 1 aromatic heterocycles. The quantitative estimate of drug-likeness (QED) is 0.800. The Morgan fingerprint density at radius 3 is 2.63 bits per heavy atom. The highest BCUT2D eigenvalue weighted by Crippen LogP contribution is 2.26. The van der Waals surface area contributed by atoms with Gasteiger partial charge in [-0.25, -0.2) is 0 Å². The van der Waals surface area contributed by atoms with Crippen LogP contribution in [-0.2, 0) is 0 Å². The molecule has 0 spiro atoms. The van der Waals surface area contributed by atoms with Crippen LogP contribution in [0.25, 0.3) is 0 Å². The highest BCUT2D eigenvalue weighted by Gasteiger charge is 2.27. The van der Waals surface area contributed by atoms with Gasteiger partial charge in [0, 0.05) is 18.7 Å². The van der Waals surface area contributed by atoms with Gasteiger partial charge in [0.2, 0.25) is 0 Å². The summed E-state index contributed by atoms with van der Waals surface area (Å²) in [5, 5.41) is 3.74. The summed E-state index contributed by atoms with van der Waals surface area (Å²) in [6.45, 7) is 2.76. The van der Waals surface area contributed by atoms with Crippen LogP contribution >= 0.6 is 11.6 Å². The molecule has 1 atom stereocenters. The number of hydrogen-bond acceptors (Lipinski definition) is 2. The fourth-order valence-corrected chi connectivity index (χ4v) is 1.88. The van der Waals surface area contributed by atoms with Crippen molar-refractivity contribution in [3.63, 3.8) is 0 Å². The molecule has 0 aliphatic rings. The Kier molecular flexibility index (Phi) is 6.58. The molecule has 1 heterocycles.